The van der Waals surface area contributed by atoms with Gasteiger partial charge in [0, 0.05) is 11.6 Å². The fourth-order valence-electron chi connectivity index (χ4n) is 3.83. The van der Waals surface area contributed by atoms with Crippen LogP contribution in [0.15, 0.2) is 48.5 Å². The number of aliphatic carboxylic acids is 1. The van der Waals surface area contributed by atoms with Crippen LogP contribution in [0.2, 0.25) is 5.02 Å². The Hall–Kier alpha value is -1.88. The van der Waals surface area contributed by atoms with Gasteiger partial charge in [-0.3, -0.25) is 9.69 Å². The molecule has 1 aliphatic rings. The van der Waals surface area contributed by atoms with Crippen molar-refractivity contribution in [2.24, 2.45) is 0 Å². The van der Waals surface area contributed by atoms with Gasteiger partial charge in [0.25, 0.3) is 0 Å². The number of benzene rings is 2. The zero-order chi connectivity index (χ0) is 18.9. The van der Waals surface area contributed by atoms with Crippen LogP contribution < -0.4 is 0 Å². The van der Waals surface area contributed by atoms with Crippen molar-refractivity contribution < 1.29 is 14.6 Å². The van der Waals surface area contributed by atoms with Crippen LogP contribution in [-0.2, 0) is 20.7 Å². The van der Waals surface area contributed by atoms with E-state index >= 15 is 0 Å². The lowest BCUT2D eigenvalue weighted by Crippen LogP contribution is -2.36. The van der Waals surface area contributed by atoms with Crippen molar-refractivity contribution in [3.8, 4) is 0 Å². The normalized spacial score (nSPS) is 21.0. The number of carboxylic acid groups (broad SMARTS) is 1. The molecule has 0 bridgehead atoms. The lowest BCUT2D eigenvalue weighted by Gasteiger charge is -2.34. The fourth-order valence-corrected chi connectivity index (χ4v) is 3.95. The first-order valence-corrected chi connectivity index (χ1v) is 9.09. The van der Waals surface area contributed by atoms with Crippen LogP contribution in [0.25, 0.3) is 0 Å². The molecule has 3 rings (SSSR count). The van der Waals surface area contributed by atoms with Crippen molar-refractivity contribution in [3.05, 3.63) is 70.2 Å². The summed E-state index contributed by atoms with van der Waals surface area (Å²) in [6, 6.07) is 16.0. The monoisotopic (exact) mass is 373 g/mol. The summed E-state index contributed by atoms with van der Waals surface area (Å²) < 4.78 is 6.67. The molecule has 1 N–H and O–H groups in total. The van der Waals surface area contributed by atoms with E-state index in [2.05, 4.69) is 26.0 Å². The number of hydrogen-bond acceptors (Lipinski definition) is 3. The van der Waals surface area contributed by atoms with Gasteiger partial charge in [0.2, 0.25) is 0 Å². The Kier molecular flexibility index (Phi) is 5.11. The van der Waals surface area contributed by atoms with Gasteiger partial charge in [-0.1, -0.05) is 48.0 Å². The Morgan fingerprint density at radius 1 is 1.12 bits per heavy atom. The summed E-state index contributed by atoms with van der Waals surface area (Å²) in [5.41, 5.74) is 2.27. The highest BCUT2D eigenvalue weighted by atomic mass is 35.5. The molecule has 26 heavy (non-hydrogen) atoms. The minimum absolute atomic E-state index is 0.00172. The van der Waals surface area contributed by atoms with Gasteiger partial charge in [0.15, 0.2) is 0 Å². The van der Waals surface area contributed by atoms with Crippen molar-refractivity contribution in [1.82, 2.24) is 4.90 Å². The zero-order valence-electron chi connectivity index (χ0n) is 15.3. The number of likely N-dealkylation sites (N-methyl/N-ethyl adjacent to an activating group) is 1. The van der Waals surface area contributed by atoms with Crippen molar-refractivity contribution in [2.45, 2.75) is 31.5 Å². The number of hydrogen-bond donors (Lipinski definition) is 1. The largest absolute Gasteiger partial charge is 0.480 e. The van der Waals surface area contributed by atoms with E-state index in [9.17, 15) is 4.79 Å². The molecule has 0 radical (unpaired) electrons. The van der Waals surface area contributed by atoms with Gasteiger partial charge in [-0.15, -0.1) is 0 Å². The number of fused-ring (bicyclic) bond motifs is 1. The molecule has 0 saturated heterocycles. The molecule has 4 nitrogen and oxygen atoms in total. The number of rotatable bonds is 6. The third-order valence-corrected chi connectivity index (χ3v) is 5.25. The topological polar surface area (TPSA) is 49.8 Å². The maximum Gasteiger partial charge on any atom is 0.317 e. The highest BCUT2D eigenvalue weighted by Gasteiger charge is 2.49. The van der Waals surface area contributed by atoms with E-state index in [1.54, 1.807) is 4.90 Å². The standard InChI is InChI=1S/C21H24ClNO3/c1-20(2)17-6-4-5-7-18(17)21(26-20,12-13-23(3)14-19(24)25)15-8-10-16(22)11-9-15/h4-11H,12-14H2,1-3H3,(H,24,25). The minimum atomic E-state index is -0.832. The van der Waals surface area contributed by atoms with Gasteiger partial charge in [0.1, 0.15) is 5.60 Å². The van der Waals surface area contributed by atoms with E-state index in [1.165, 1.54) is 0 Å². The van der Waals surface area contributed by atoms with Crippen molar-refractivity contribution in [2.75, 3.05) is 20.1 Å². The van der Waals surface area contributed by atoms with E-state index in [4.69, 9.17) is 21.4 Å². The van der Waals surface area contributed by atoms with E-state index in [1.807, 2.05) is 43.4 Å². The van der Waals surface area contributed by atoms with Gasteiger partial charge in [-0.05, 0) is 56.1 Å². The van der Waals surface area contributed by atoms with Gasteiger partial charge >= 0.3 is 5.97 Å². The summed E-state index contributed by atoms with van der Waals surface area (Å²) in [5, 5.41) is 9.72. The van der Waals surface area contributed by atoms with Crippen LogP contribution in [-0.4, -0.2) is 36.1 Å². The SMILES string of the molecule is CN(CCC1(c2ccc(Cl)cc2)OC(C)(C)c2ccccc21)CC(=O)O. The van der Waals surface area contributed by atoms with Crippen LogP contribution in [0, 0.1) is 0 Å². The summed E-state index contributed by atoms with van der Waals surface area (Å²) >= 11 is 6.09. The van der Waals surface area contributed by atoms with Gasteiger partial charge in [0.05, 0.1) is 12.1 Å². The van der Waals surface area contributed by atoms with Crippen molar-refractivity contribution in [3.63, 3.8) is 0 Å². The molecule has 1 atom stereocenters. The summed E-state index contributed by atoms with van der Waals surface area (Å²) in [7, 11) is 1.82. The molecule has 0 amide bonds. The van der Waals surface area contributed by atoms with Crippen LogP contribution in [0.4, 0.5) is 0 Å². The molecule has 138 valence electrons. The Morgan fingerprint density at radius 3 is 2.35 bits per heavy atom. The predicted octanol–water partition coefficient (Wildman–Crippen LogP) is 4.26. The number of halogens is 1. The minimum Gasteiger partial charge on any atom is -0.480 e. The lowest BCUT2D eigenvalue weighted by molar-refractivity contribution is -0.138. The molecule has 1 heterocycles. The zero-order valence-corrected chi connectivity index (χ0v) is 16.1. The summed E-state index contributed by atoms with van der Waals surface area (Å²) in [5.74, 6) is -0.832. The maximum atomic E-state index is 11.0. The quantitative estimate of drug-likeness (QED) is 0.822. The maximum absolute atomic E-state index is 11.0. The fraction of sp³-hybridized carbons (Fsp3) is 0.381. The predicted molar refractivity (Wildman–Crippen MR) is 103 cm³/mol. The number of ether oxygens (including phenoxy) is 1. The van der Waals surface area contributed by atoms with E-state index in [0.29, 0.717) is 18.0 Å². The Labute approximate surface area is 159 Å². The van der Waals surface area contributed by atoms with E-state index in [0.717, 1.165) is 16.7 Å². The summed E-state index contributed by atoms with van der Waals surface area (Å²) in [4.78, 5) is 12.8. The first kappa shape index (κ1) is 18.9. The number of nitrogens with zero attached hydrogens (tertiary/aromatic N) is 1. The van der Waals surface area contributed by atoms with Crippen molar-refractivity contribution >= 4 is 17.6 Å². The first-order valence-electron chi connectivity index (χ1n) is 8.71. The molecule has 1 unspecified atom stereocenters. The van der Waals surface area contributed by atoms with Crippen molar-refractivity contribution in [1.29, 1.82) is 0 Å². The van der Waals surface area contributed by atoms with Crippen LogP contribution in [0.5, 0.6) is 0 Å². The highest BCUT2D eigenvalue weighted by molar-refractivity contribution is 6.30. The Balaban J connectivity index is 2.04. The first-order chi connectivity index (χ1) is 12.2. The van der Waals surface area contributed by atoms with Gasteiger partial charge in [-0.2, -0.15) is 0 Å². The molecule has 2 aromatic carbocycles. The summed E-state index contributed by atoms with van der Waals surface area (Å²) in [6.07, 6.45) is 0.652. The van der Waals surface area contributed by atoms with Gasteiger partial charge in [-0.25, -0.2) is 0 Å². The van der Waals surface area contributed by atoms with Crippen LogP contribution in [0.1, 0.15) is 37.0 Å². The Bertz CT molecular complexity index is 803. The van der Waals surface area contributed by atoms with Crippen LogP contribution in [0.3, 0.4) is 0 Å². The Morgan fingerprint density at radius 2 is 1.73 bits per heavy atom. The summed E-state index contributed by atoms with van der Waals surface area (Å²) in [6.45, 7) is 4.75. The smallest absolute Gasteiger partial charge is 0.317 e. The van der Waals surface area contributed by atoms with E-state index < -0.39 is 17.2 Å². The lowest BCUT2D eigenvalue weighted by atomic mass is 9.81. The second-order valence-corrected chi connectivity index (χ2v) is 7.81. The molecular formula is C21H24ClNO3. The highest BCUT2D eigenvalue weighted by Crippen LogP contribution is 2.52. The molecule has 0 aliphatic carbocycles. The average Bonchev–Trinajstić information content (AvgIpc) is 2.82. The third-order valence-electron chi connectivity index (χ3n) is 5.00. The van der Waals surface area contributed by atoms with E-state index in [-0.39, 0.29) is 6.54 Å². The molecule has 1 aliphatic heterocycles. The van der Waals surface area contributed by atoms with Gasteiger partial charge < -0.3 is 9.84 Å². The molecular weight excluding hydrogens is 350 g/mol. The molecule has 0 fully saturated rings. The molecule has 5 heteroatoms. The second kappa shape index (κ2) is 7.03. The number of carboxylic acids is 1. The molecule has 0 saturated carbocycles. The molecule has 0 aromatic heterocycles. The van der Waals surface area contributed by atoms with Crippen LogP contribution >= 0.6 is 11.6 Å². The molecule has 0 spiro atoms. The molecule has 2 aromatic rings. The number of carbonyl (C=O) groups is 1. The second-order valence-electron chi connectivity index (χ2n) is 7.37. The third kappa shape index (κ3) is 3.50. The average molecular weight is 374 g/mol.